The van der Waals surface area contributed by atoms with Crippen molar-refractivity contribution < 1.29 is 23.9 Å². The number of ether oxygens (including phenoxy) is 1. The molecule has 1 aromatic carbocycles. The maximum absolute atomic E-state index is 13.4. The minimum Gasteiger partial charge on any atom is -0.444 e. The lowest BCUT2D eigenvalue weighted by Crippen LogP contribution is -2.45. The number of aromatic nitrogens is 3. The van der Waals surface area contributed by atoms with Gasteiger partial charge in [-0.15, -0.1) is 11.3 Å². The number of nitrogens with zero attached hydrogens (tertiary/aromatic N) is 3. The molecule has 39 heavy (non-hydrogen) atoms. The Kier molecular flexibility index (Phi) is 7.82. The van der Waals surface area contributed by atoms with Crippen LogP contribution in [0.15, 0.2) is 23.0 Å². The number of carbonyl (C=O) groups excluding carboxylic acids is 4. The largest absolute Gasteiger partial charge is 0.444 e. The third kappa shape index (κ3) is 6.30. The van der Waals surface area contributed by atoms with Crippen LogP contribution < -0.4 is 21.5 Å². The fourth-order valence-electron chi connectivity index (χ4n) is 4.26. The second-order valence-electron chi connectivity index (χ2n) is 10.1. The fourth-order valence-corrected chi connectivity index (χ4v) is 5.19. The molecule has 0 radical (unpaired) electrons. The Morgan fingerprint density at radius 3 is 2.62 bits per heavy atom. The van der Waals surface area contributed by atoms with Gasteiger partial charge >= 0.3 is 6.09 Å². The van der Waals surface area contributed by atoms with Crippen molar-refractivity contribution >= 4 is 51.7 Å². The molecule has 3 heterocycles. The van der Waals surface area contributed by atoms with E-state index in [1.807, 2.05) is 0 Å². The second-order valence-corrected chi connectivity index (χ2v) is 11.4. The predicted octanol–water partition coefficient (Wildman–Crippen LogP) is 2.77. The van der Waals surface area contributed by atoms with Crippen molar-refractivity contribution in [2.45, 2.75) is 65.5 Å². The Morgan fingerprint density at radius 1 is 1.18 bits per heavy atom. The number of amides is 4. The van der Waals surface area contributed by atoms with Crippen LogP contribution in [0.25, 0.3) is 10.9 Å². The summed E-state index contributed by atoms with van der Waals surface area (Å²) in [7, 11) is 0. The third-order valence-electron chi connectivity index (χ3n) is 5.94. The van der Waals surface area contributed by atoms with Gasteiger partial charge in [0.25, 0.3) is 11.5 Å². The smallest absolute Gasteiger partial charge is 0.407 e. The van der Waals surface area contributed by atoms with Gasteiger partial charge in [-0.25, -0.2) is 14.8 Å². The lowest BCUT2D eigenvalue weighted by Gasteiger charge is -2.24. The number of thiazole rings is 1. The summed E-state index contributed by atoms with van der Waals surface area (Å²) in [4.78, 5) is 72.0. The fraction of sp³-hybridized carbons (Fsp3) is 0.423. The molecule has 206 valence electrons. The van der Waals surface area contributed by atoms with Gasteiger partial charge in [-0.2, -0.15) is 0 Å². The highest BCUT2D eigenvalue weighted by Crippen LogP contribution is 2.25. The standard InChI is InChI=1S/C26H30N6O6S/c1-13-20(31-19(39-13)11-12-27-25(37)38-26(3,4)5)23(35)29-16-8-6-7-15-21(16)28-14(2)32(24(15)36)17-9-10-18(33)30-22(17)34/h6-8,17H,9-12H2,1-5H3,(H,27,37)(H,29,35)(H,30,33,34). The van der Waals surface area contributed by atoms with E-state index in [4.69, 9.17) is 4.74 Å². The molecule has 4 rings (SSSR count). The molecule has 0 bridgehead atoms. The Balaban J connectivity index is 1.52. The highest BCUT2D eigenvalue weighted by atomic mass is 32.1. The van der Waals surface area contributed by atoms with Crippen molar-refractivity contribution in [1.29, 1.82) is 0 Å². The molecule has 1 fully saturated rings. The third-order valence-corrected chi connectivity index (χ3v) is 6.97. The highest BCUT2D eigenvalue weighted by Gasteiger charge is 2.31. The number of rotatable bonds is 6. The minimum absolute atomic E-state index is 0.127. The van der Waals surface area contributed by atoms with Gasteiger partial charge in [0.2, 0.25) is 11.8 Å². The highest BCUT2D eigenvalue weighted by molar-refractivity contribution is 7.11. The predicted molar refractivity (Wildman–Crippen MR) is 145 cm³/mol. The number of aryl methyl sites for hydroxylation is 2. The Labute approximate surface area is 228 Å². The molecule has 13 heteroatoms. The molecule has 1 saturated heterocycles. The number of anilines is 1. The molecule has 2 aromatic heterocycles. The average molecular weight is 555 g/mol. The molecule has 1 unspecified atom stereocenters. The summed E-state index contributed by atoms with van der Waals surface area (Å²) in [6, 6.07) is 3.99. The summed E-state index contributed by atoms with van der Waals surface area (Å²) < 4.78 is 6.51. The number of para-hydroxylation sites is 1. The van der Waals surface area contributed by atoms with Gasteiger partial charge in [-0.05, 0) is 53.2 Å². The Bertz CT molecular complexity index is 1540. The quantitative estimate of drug-likeness (QED) is 0.392. The molecule has 1 aliphatic rings. The molecule has 12 nitrogen and oxygen atoms in total. The van der Waals surface area contributed by atoms with Gasteiger partial charge < -0.3 is 15.4 Å². The number of nitrogens with one attached hydrogen (secondary N) is 3. The number of piperidine rings is 1. The van der Waals surface area contributed by atoms with E-state index in [0.29, 0.717) is 28.5 Å². The number of hydrogen-bond acceptors (Lipinski definition) is 9. The van der Waals surface area contributed by atoms with Gasteiger partial charge in [0.15, 0.2) is 0 Å². The summed E-state index contributed by atoms with van der Waals surface area (Å²) >= 11 is 1.35. The van der Waals surface area contributed by atoms with Crippen LogP contribution in [-0.4, -0.2) is 50.5 Å². The van der Waals surface area contributed by atoms with Crippen LogP contribution in [0.2, 0.25) is 0 Å². The molecule has 1 aliphatic heterocycles. The zero-order chi connectivity index (χ0) is 28.5. The molecular weight excluding hydrogens is 524 g/mol. The summed E-state index contributed by atoms with van der Waals surface area (Å²) in [6.07, 6.45) is 0.229. The average Bonchev–Trinajstić information content (AvgIpc) is 3.20. The van der Waals surface area contributed by atoms with Gasteiger partial charge in [0, 0.05) is 24.3 Å². The van der Waals surface area contributed by atoms with E-state index in [1.54, 1.807) is 52.8 Å². The van der Waals surface area contributed by atoms with Crippen LogP contribution in [0.1, 0.15) is 65.9 Å². The van der Waals surface area contributed by atoms with Crippen LogP contribution in [0.4, 0.5) is 10.5 Å². The topological polar surface area (TPSA) is 161 Å². The van der Waals surface area contributed by atoms with Crippen molar-refractivity contribution in [3.8, 4) is 0 Å². The number of alkyl carbamates (subject to hydrolysis) is 1. The first-order valence-corrected chi connectivity index (χ1v) is 13.3. The Morgan fingerprint density at radius 2 is 1.92 bits per heavy atom. The van der Waals surface area contributed by atoms with Crippen LogP contribution >= 0.6 is 11.3 Å². The number of carbonyl (C=O) groups is 4. The van der Waals surface area contributed by atoms with Gasteiger partial charge in [-0.3, -0.25) is 29.1 Å². The SMILES string of the molecule is Cc1sc(CCNC(=O)OC(C)(C)C)nc1C(=O)Nc1cccc2c(=O)n(C3CCC(=O)NC3=O)c(C)nc12. The first-order chi connectivity index (χ1) is 18.3. The zero-order valence-electron chi connectivity index (χ0n) is 22.3. The monoisotopic (exact) mass is 554 g/mol. The van der Waals surface area contributed by atoms with Crippen LogP contribution in [0.5, 0.6) is 0 Å². The number of imide groups is 1. The van der Waals surface area contributed by atoms with Crippen LogP contribution in [0, 0.1) is 13.8 Å². The first kappa shape index (κ1) is 27.9. The van der Waals surface area contributed by atoms with Crippen molar-refractivity contribution in [2.24, 2.45) is 0 Å². The van der Waals surface area contributed by atoms with Crippen molar-refractivity contribution in [2.75, 3.05) is 11.9 Å². The molecule has 4 amide bonds. The van der Waals surface area contributed by atoms with E-state index in [0.717, 1.165) is 0 Å². The van der Waals surface area contributed by atoms with E-state index in [-0.39, 0.29) is 41.2 Å². The first-order valence-electron chi connectivity index (χ1n) is 12.4. The molecule has 0 spiro atoms. The zero-order valence-corrected chi connectivity index (χ0v) is 23.2. The van der Waals surface area contributed by atoms with Crippen molar-refractivity contribution in [3.05, 3.63) is 50.0 Å². The van der Waals surface area contributed by atoms with Gasteiger partial charge in [0.05, 0.1) is 16.1 Å². The van der Waals surface area contributed by atoms with E-state index in [2.05, 4.69) is 25.9 Å². The molecule has 3 N–H and O–H groups in total. The second kappa shape index (κ2) is 10.9. The van der Waals surface area contributed by atoms with Gasteiger partial charge in [-0.1, -0.05) is 6.07 Å². The summed E-state index contributed by atoms with van der Waals surface area (Å²) in [6.45, 7) is 9.02. The lowest BCUT2D eigenvalue weighted by molar-refractivity contribution is -0.135. The normalized spacial score (nSPS) is 15.7. The number of fused-ring (bicyclic) bond motifs is 1. The minimum atomic E-state index is -0.841. The Hall–Kier alpha value is -4.13. The van der Waals surface area contributed by atoms with E-state index in [9.17, 15) is 24.0 Å². The number of benzene rings is 1. The molecule has 0 saturated carbocycles. The molecular formula is C26H30N6O6S. The lowest BCUT2D eigenvalue weighted by atomic mass is 10.1. The van der Waals surface area contributed by atoms with Crippen molar-refractivity contribution in [3.63, 3.8) is 0 Å². The maximum Gasteiger partial charge on any atom is 0.407 e. The van der Waals surface area contributed by atoms with E-state index < -0.39 is 35.1 Å². The van der Waals surface area contributed by atoms with Crippen LogP contribution in [-0.2, 0) is 20.7 Å². The van der Waals surface area contributed by atoms with E-state index in [1.165, 1.54) is 15.9 Å². The van der Waals surface area contributed by atoms with Crippen molar-refractivity contribution in [1.82, 2.24) is 25.2 Å². The summed E-state index contributed by atoms with van der Waals surface area (Å²) in [5.41, 5.74) is -0.189. The molecule has 3 aromatic rings. The summed E-state index contributed by atoms with van der Waals surface area (Å²) in [5, 5.41) is 8.64. The van der Waals surface area contributed by atoms with Crippen LogP contribution in [0.3, 0.4) is 0 Å². The van der Waals surface area contributed by atoms with E-state index >= 15 is 0 Å². The summed E-state index contributed by atoms with van der Waals surface area (Å²) in [5.74, 6) is -1.09. The molecule has 1 atom stereocenters. The van der Waals surface area contributed by atoms with Gasteiger partial charge in [0.1, 0.15) is 28.7 Å². The number of hydrogen-bond donors (Lipinski definition) is 3. The molecule has 0 aliphatic carbocycles. The maximum atomic E-state index is 13.4.